The summed E-state index contributed by atoms with van der Waals surface area (Å²) in [5, 5.41) is 10.1. The van der Waals surface area contributed by atoms with E-state index < -0.39 is 6.10 Å². The zero-order valence-electron chi connectivity index (χ0n) is 15.1. The fourth-order valence-corrected chi connectivity index (χ4v) is 2.90. The third kappa shape index (κ3) is 7.00. The predicted molar refractivity (Wildman–Crippen MR) is 94.6 cm³/mol. The van der Waals surface area contributed by atoms with Crippen LogP contribution in [-0.2, 0) is 11.3 Å². The molecule has 1 N–H and O–H groups in total. The number of hydrogen-bond acceptors (Lipinski definition) is 4. The highest BCUT2D eigenvalue weighted by Gasteiger charge is 2.20. The molecule has 1 heterocycles. The third-order valence-corrected chi connectivity index (χ3v) is 4.13. The van der Waals surface area contributed by atoms with Gasteiger partial charge in [-0.05, 0) is 33.3 Å². The van der Waals surface area contributed by atoms with E-state index in [1.54, 1.807) is 0 Å². The van der Waals surface area contributed by atoms with Crippen molar-refractivity contribution >= 4 is 0 Å². The Labute approximate surface area is 141 Å². The van der Waals surface area contributed by atoms with Crippen molar-refractivity contribution in [1.29, 1.82) is 0 Å². The summed E-state index contributed by atoms with van der Waals surface area (Å²) in [4.78, 5) is 4.83. The van der Waals surface area contributed by atoms with Crippen molar-refractivity contribution in [3.63, 3.8) is 0 Å². The van der Waals surface area contributed by atoms with Gasteiger partial charge in [-0.3, -0.25) is 9.80 Å². The minimum atomic E-state index is -0.405. The molecular weight excluding hydrogens is 288 g/mol. The van der Waals surface area contributed by atoms with E-state index in [1.807, 2.05) is 20.8 Å². The Bertz CT molecular complexity index is 477. The van der Waals surface area contributed by atoms with Crippen LogP contribution in [0.4, 0.5) is 0 Å². The molecule has 1 saturated heterocycles. The number of aryl methyl sites for hydroxylation is 1. The van der Waals surface area contributed by atoms with Crippen molar-refractivity contribution in [2.24, 2.45) is 0 Å². The molecule has 4 heteroatoms. The van der Waals surface area contributed by atoms with Crippen LogP contribution in [0.15, 0.2) is 24.3 Å². The van der Waals surface area contributed by atoms with Gasteiger partial charge in [0.15, 0.2) is 0 Å². The Morgan fingerprint density at radius 2 is 1.78 bits per heavy atom. The number of hydrogen-bond donors (Lipinski definition) is 1. The van der Waals surface area contributed by atoms with Gasteiger partial charge in [-0.1, -0.05) is 29.8 Å². The molecule has 0 amide bonds. The summed E-state index contributed by atoms with van der Waals surface area (Å²) in [6, 6.07) is 8.74. The Hall–Kier alpha value is -0.940. The first-order chi connectivity index (χ1) is 10.8. The van der Waals surface area contributed by atoms with Gasteiger partial charge < -0.3 is 9.84 Å². The standard InChI is InChI=1S/C19H32N2O2/c1-16-6-5-7-17(12-16)13-20-8-10-21(11-9-20)14-18(22)15-23-19(2,3)4/h5-7,12,18,22H,8-11,13-15H2,1-4H3. The van der Waals surface area contributed by atoms with Crippen molar-refractivity contribution in [3.05, 3.63) is 35.4 Å². The van der Waals surface area contributed by atoms with Gasteiger partial charge in [0.1, 0.15) is 0 Å². The monoisotopic (exact) mass is 320 g/mol. The number of β-amino-alcohol motifs (C(OH)–C–C–N with tert-alkyl or cyclic N) is 1. The van der Waals surface area contributed by atoms with E-state index in [9.17, 15) is 5.11 Å². The van der Waals surface area contributed by atoms with Crippen molar-refractivity contribution in [2.75, 3.05) is 39.3 Å². The number of rotatable bonds is 6. The second-order valence-electron chi connectivity index (χ2n) is 7.64. The normalized spacial score (nSPS) is 19.0. The molecule has 2 rings (SSSR count). The Balaban J connectivity index is 1.69. The molecule has 0 spiro atoms. The van der Waals surface area contributed by atoms with Crippen molar-refractivity contribution in [2.45, 2.75) is 45.9 Å². The molecule has 0 bridgehead atoms. The van der Waals surface area contributed by atoms with Crippen LogP contribution in [0.3, 0.4) is 0 Å². The fourth-order valence-electron chi connectivity index (χ4n) is 2.90. The fraction of sp³-hybridized carbons (Fsp3) is 0.684. The van der Waals surface area contributed by atoms with Crippen LogP contribution in [-0.4, -0.2) is 65.9 Å². The number of benzene rings is 1. The molecule has 0 saturated carbocycles. The average Bonchev–Trinajstić information content (AvgIpc) is 2.47. The van der Waals surface area contributed by atoms with Crippen LogP contribution < -0.4 is 0 Å². The molecule has 4 nitrogen and oxygen atoms in total. The van der Waals surface area contributed by atoms with Gasteiger partial charge in [-0.2, -0.15) is 0 Å². The SMILES string of the molecule is Cc1cccc(CN2CCN(CC(O)COC(C)(C)C)CC2)c1. The molecule has 0 aromatic heterocycles. The van der Waals surface area contributed by atoms with Gasteiger partial charge in [0, 0.05) is 39.3 Å². The molecule has 0 aliphatic carbocycles. The summed E-state index contributed by atoms with van der Waals surface area (Å²) in [5.74, 6) is 0. The van der Waals surface area contributed by atoms with Crippen LogP contribution in [0.25, 0.3) is 0 Å². The highest BCUT2D eigenvalue weighted by molar-refractivity contribution is 5.22. The molecule has 1 unspecified atom stereocenters. The molecule has 1 aromatic carbocycles. The smallest absolute Gasteiger partial charge is 0.0900 e. The van der Waals surface area contributed by atoms with Gasteiger partial charge in [0.05, 0.1) is 18.3 Å². The Morgan fingerprint density at radius 3 is 2.39 bits per heavy atom. The quantitative estimate of drug-likeness (QED) is 0.872. The molecular formula is C19H32N2O2. The number of aliphatic hydroxyl groups excluding tert-OH is 1. The second kappa shape index (κ2) is 8.25. The number of nitrogens with zero attached hydrogens (tertiary/aromatic N) is 2. The second-order valence-corrected chi connectivity index (χ2v) is 7.64. The van der Waals surface area contributed by atoms with Gasteiger partial charge in [-0.25, -0.2) is 0 Å². The highest BCUT2D eigenvalue weighted by atomic mass is 16.5. The van der Waals surface area contributed by atoms with Gasteiger partial charge in [-0.15, -0.1) is 0 Å². The van der Waals surface area contributed by atoms with Gasteiger partial charge >= 0.3 is 0 Å². The van der Waals surface area contributed by atoms with Crippen molar-refractivity contribution in [1.82, 2.24) is 9.80 Å². The van der Waals surface area contributed by atoms with E-state index in [1.165, 1.54) is 11.1 Å². The maximum Gasteiger partial charge on any atom is 0.0900 e. The summed E-state index contributed by atoms with van der Waals surface area (Å²) in [6.45, 7) is 14.5. The number of ether oxygens (including phenoxy) is 1. The lowest BCUT2D eigenvalue weighted by atomic mass is 10.1. The van der Waals surface area contributed by atoms with Crippen LogP contribution >= 0.6 is 0 Å². The summed E-state index contributed by atoms with van der Waals surface area (Å²) in [6.07, 6.45) is -0.405. The topological polar surface area (TPSA) is 35.9 Å². The molecule has 130 valence electrons. The van der Waals surface area contributed by atoms with Crippen molar-refractivity contribution < 1.29 is 9.84 Å². The first-order valence-electron chi connectivity index (χ1n) is 8.64. The molecule has 1 atom stereocenters. The lowest BCUT2D eigenvalue weighted by molar-refractivity contribution is -0.0587. The van der Waals surface area contributed by atoms with Crippen LogP contribution in [0.2, 0.25) is 0 Å². The number of aliphatic hydroxyl groups is 1. The Morgan fingerprint density at radius 1 is 1.13 bits per heavy atom. The van der Waals surface area contributed by atoms with Crippen LogP contribution in [0, 0.1) is 6.92 Å². The molecule has 1 aliphatic heterocycles. The molecule has 0 radical (unpaired) electrons. The Kier molecular flexibility index (Phi) is 6.60. The average molecular weight is 320 g/mol. The first kappa shape index (κ1) is 18.4. The van der Waals surface area contributed by atoms with E-state index in [-0.39, 0.29) is 5.60 Å². The number of piperazine rings is 1. The largest absolute Gasteiger partial charge is 0.389 e. The molecule has 1 aliphatic rings. The van der Waals surface area contributed by atoms with E-state index >= 15 is 0 Å². The molecule has 23 heavy (non-hydrogen) atoms. The van der Waals surface area contributed by atoms with Crippen LogP contribution in [0.5, 0.6) is 0 Å². The lowest BCUT2D eigenvalue weighted by Crippen LogP contribution is -2.48. The summed E-state index contributed by atoms with van der Waals surface area (Å²) < 4.78 is 5.66. The molecule has 1 aromatic rings. The maximum absolute atomic E-state index is 10.1. The predicted octanol–water partition coefficient (Wildman–Crippen LogP) is 2.29. The first-order valence-corrected chi connectivity index (χ1v) is 8.64. The van der Waals surface area contributed by atoms with E-state index in [0.717, 1.165) is 32.7 Å². The van der Waals surface area contributed by atoms with E-state index in [2.05, 4.69) is 41.0 Å². The minimum absolute atomic E-state index is 0.187. The third-order valence-electron chi connectivity index (χ3n) is 4.13. The zero-order chi connectivity index (χ0) is 16.9. The van der Waals surface area contributed by atoms with Crippen molar-refractivity contribution in [3.8, 4) is 0 Å². The lowest BCUT2D eigenvalue weighted by Gasteiger charge is -2.36. The minimum Gasteiger partial charge on any atom is -0.389 e. The van der Waals surface area contributed by atoms with Gasteiger partial charge in [0.25, 0.3) is 0 Å². The van der Waals surface area contributed by atoms with Crippen LogP contribution in [0.1, 0.15) is 31.9 Å². The summed E-state index contributed by atoms with van der Waals surface area (Å²) >= 11 is 0. The van der Waals surface area contributed by atoms with E-state index in [4.69, 9.17) is 4.74 Å². The maximum atomic E-state index is 10.1. The van der Waals surface area contributed by atoms with E-state index in [0.29, 0.717) is 13.2 Å². The van der Waals surface area contributed by atoms with Gasteiger partial charge in [0.2, 0.25) is 0 Å². The summed E-state index contributed by atoms with van der Waals surface area (Å²) in [7, 11) is 0. The molecule has 1 fully saturated rings. The summed E-state index contributed by atoms with van der Waals surface area (Å²) in [5.41, 5.74) is 2.52. The zero-order valence-corrected chi connectivity index (χ0v) is 15.1. The highest BCUT2D eigenvalue weighted by Crippen LogP contribution is 2.11.